The van der Waals surface area contributed by atoms with E-state index >= 15 is 0 Å². The van der Waals surface area contributed by atoms with E-state index in [-0.39, 0.29) is 5.78 Å². The van der Waals surface area contributed by atoms with Crippen molar-refractivity contribution in [2.24, 2.45) is 0 Å². The smallest absolute Gasteiger partial charge is 0.174 e. The van der Waals surface area contributed by atoms with Gasteiger partial charge in [0.15, 0.2) is 5.78 Å². The zero-order chi connectivity index (χ0) is 20.3. The van der Waals surface area contributed by atoms with Crippen molar-refractivity contribution in [2.45, 2.75) is 5.92 Å². The molecule has 0 spiro atoms. The number of hydrogen-bond donors (Lipinski definition) is 0. The molecule has 1 atom stereocenters. The van der Waals surface area contributed by atoms with Crippen molar-refractivity contribution in [2.75, 3.05) is 0 Å². The quantitative estimate of drug-likeness (QED) is 0.295. The Bertz CT molecular complexity index is 1300. The standard InChI is InChI=1S/C27H19NOS/c29-27(20-11-5-2-6-12-20)25(19-9-3-1-4-10-19)23-14-7-13-21-17-22(18-28-26(21)23)24-15-8-16-30-24/h1-18,25H. The Morgan fingerprint density at radius 3 is 2.30 bits per heavy atom. The number of aromatic nitrogens is 1. The number of para-hydroxylation sites is 1. The monoisotopic (exact) mass is 405 g/mol. The lowest BCUT2D eigenvalue weighted by molar-refractivity contribution is 0.0974. The molecular weight excluding hydrogens is 386 g/mol. The lowest BCUT2D eigenvalue weighted by Crippen LogP contribution is -2.15. The van der Waals surface area contributed by atoms with E-state index in [1.165, 1.54) is 4.88 Å². The van der Waals surface area contributed by atoms with Crippen LogP contribution in [-0.4, -0.2) is 10.8 Å². The normalized spacial score (nSPS) is 12.0. The molecule has 0 saturated heterocycles. The number of nitrogens with zero attached hydrogens (tertiary/aromatic N) is 1. The second kappa shape index (κ2) is 8.05. The van der Waals surface area contributed by atoms with Crippen LogP contribution < -0.4 is 0 Å². The van der Waals surface area contributed by atoms with E-state index in [0.29, 0.717) is 5.56 Å². The second-order valence-corrected chi connectivity index (χ2v) is 8.14. The molecule has 0 bridgehead atoms. The lowest BCUT2D eigenvalue weighted by atomic mass is 9.83. The van der Waals surface area contributed by atoms with E-state index in [1.54, 1.807) is 11.3 Å². The van der Waals surface area contributed by atoms with Gasteiger partial charge in [-0.25, -0.2) is 0 Å². The van der Waals surface area contributed by atoms with Crippen LogP contribution in [0.2, 0.25) is 0 Å². The average Bonchev–Trinajstić information content (AvgIpc) is 3.35. The number of thiophene rings is 1. The molecule has 0 radical (unpaired) electrons. The largest absolute Gasteiger partial charge is 0.293 e. The Hall–Kier alpha value is -3.56. The molecule has 2 heterocycles. The van der Waals surface area contributed by atoms with Crippen LogP contribution in [0.25, 0.3) is 21.3 Å². The van der Waals surface area contributed by atoms with Crippen molar-refractivity contribution >= 4 is 28.0 Å². The van der Waals surface area contributed by atoms with Crippen molar-refractivity contribution < 1.29 is 4.79 Å². The molecule has 30 heavy (non-hydrogen) atoms. The number of carbonyl (C=O) groups is 1. The summed E-state index contributed by atoms with van der Waals surface area (Å²) in [6.45, 7) is 0. The van der Waals surface area contributed by atoms with Gasteiger partial charge in [-0.1, -0.05) is 84.9 Å². The van der Waals surface area contributed by atoms with Crippen LogP contribution >= 0.6 is 11.3 Å². The van der Waals surface area contributed by atoms with Gasteiger partial charge in [0.1, 0.15) is 0 Å². The lowest BCUT2D eigenvalue weighted by Gasteiger charge is -2.19. The third kappa shape index (κ3) is 3.44. The van der Waals surface area contributed by atoms with Gasteiger partial charge in [0.2, 0.25) is 0 Å². The number of benzene rings is 3. The van der Waals surface area contributed by atoms with E-state index in [2.05, 4.69) is 23.6 Å². The maximum Gasteiger partial charge on any atom is 0.174 e. The molecule has 0 N–H and O–H groups in total. The minimum absolute atomic E-state index is 0.0819. The van der Waals surface area contributed by atoms with Gasteiger partial charge in [-0.15, -0.1) is 11.3 Å². The third-order valence-corrected chi connectivity index (χ3v) is 6.23. The summed E-state index contributed by atoms with van der Waals surface area (Å²) in [5.41, 5.74) is 4.59. The Labute approximate surface area is 179 Å². The maximum absolute atomic E-state index is 13.6. The van der Waals surface area contributed by atoms with Crippen molar-refractivity contribution in [1.29, 1.82) is 0 Å². The van der Waals surface area contributed by atoms with Crippen LogP contribution in [0.15, 0.2) is 109 Å². The Kier molecular flexibility index (Phi) is 4.96. The molecule has 0 aliphatic carbocycles. The second-order valence-electron chi connectivity index (χ2n) is 7.19. The fourth-order valence-corrected chi connectivity index (χ4v) is 4.59. The predicted molar refractivity (Wildman–Crippen MR) is 124 cm³/mol. The summed E-state index contributed by atoms with van der Waals surface area (Å²) in [5.74, 6) is -0.323. The van der Waals surface area contributed by atoms with Crippen LogP contribution in [0.5, 0.6) is 0 Å². The topological polar surface area (TPSA) is 30.0 Å². The molecule has 5 rings (SSSR count). The summed E-state index contributed by atoms with van der Waals surface area (Å²) in [4.78, 5) is 19.6. The van der Waals surface area contributed by atoms with Crippen LogP contribution in [0, 0.1) is 0 Å². The molecule has 1 unspecified atom stereocenters. The minimum atomic E-state index is -0.405. The molecular formula is C27H19NOS. The van der Waals surface area contributed by atoms with E-state index in [4.69, 9.17) is 4.98 Å². The highest BCUT2D eigenvalue weighted by atomic mass is 32.1. The first kappa shape index (κ1) is 18.5. The fourth-order valence-electron chi connectivity index (χ4n) is 3.88. The van der Waals surface area contributed by atoms with E-state index in [0.717, 1.165) is 27.6 Å². The summed E-state index contributed by atoms with van der Waals surface area (Å²) in [6, 6.07) is 31.9. The summed E-state index contributed by atoms with van der Waals surface area (Å²) in [5, 5.41) is 3.11. The van der Waals surface area contributed by atoms with Crippen molar-refractivity contribution in [3.63, 3.8) is 0 Å². The number of pyridine rings is 1. The molecule has 0 aliphatic heterocycles. The fraction of sp³-hybridized carbons (Fsp3) is 0.0370. The van der Waals surface area contributed by atoms with Crippen molar-refractivity contribution in [1.82, 2.24) is 4.98 Å². The highest BCUT2D eigenvalue weighted by molar-refractivity contribution is 7.13. The van der Waals surface area contributed by atoms with Crippen molar-refractivity contribution in [3.05, 3.63) is 125 Å². The zero-order valence-electron chi connectivity index (χ0n) is 16.2. The third-order valence-electron chi connectivity index (χ3n) is 5.31. The minimum Gasteiger partial charge on any atom is -0.293 e. The zero-order valence-corrected chi connectivity index (χ0v) is 17.0. The van der Waals surface area contributed by atoms with Crippen LogP contribution in [-0.2, 0) is 0 Å². The first-order chi connectivity index (χ1) is 14.8. The van der Waals surface area contributed by atoms with Gasteiger partial charge in [0.05, 0.1) is 11.4 Å². The molecule has 3 heteroatoms. The molecule has 3 aromatic carbocycles. The number of rotatable bonds is 5. The summed E-state index contributed by atoms with van der Waals surface area (Å²) in [7, 11) is 0. The SMILES string of the molecule is O=C(c1ccccc1)C(c1ccccc1)c1cccc2cc(-c3cccs3)cnc12. The van der Waals surface area contributed by atoms with Crippen LogP contribution in [0.4, 0.5) is 0 Å². The molecule has 0 amide bonds. The Morgan fingerprint density at radius 2 is 1.57 bits per heavy atom. The number of ketones is 1. The number of Topliss-reactive ketones (excluding diaryl/α,β-unsaturated/α-hetero) is 1. The highest BCUT2D eigenvalue weighted by Crippen LogP contribution is 2.34. The highest BCUT2D eigenvalue weighted by Gasteiger charge is 2.26. The predicted octanol–water partition coefficient (Wildman–Crippen LogP) is 6.98. The first-order valence-electron chi connectivity index (χ1n) is 9.88. The molecule has 2 nitrogen and oxygen atoms in total. The van der Waals surface area contributed by atoms with E-state index in [1.807, 2.05) is 85.1 Å². The molecule has 144 valence electrons. The van der Waals surface area contributed by atoms with Crippen LogP contribution in [0.3, 0.4) is 0 Å². The molecule has 0 fully saturated rings. The first-order valence-corrected chi connectivity index (χ1v) is 10.8. The maximum atomic E-state index is 13.6. The molecule has 2 aromatic heterocycles. The summed E-state index contributed by atoms with van der Waals surface area (Å²) in [6.07, 6.45) is 1.91. The van der Waals surface area contributed by atoms with Crippen molar-refractivity contribution in [3.8, 4) is 10.4 Å². The number of carbonyl (C=O) groups excluding carboxylic acids is 1. The molecule has 5 aromatic rings. The number of hydrogen-bond acceptors (Lipinski definition) is 3. The number of fused-ring (bicyclic) bond motifs is 1. The summed E-state index contributed by atoms with van der Waals surface area (Å²) < 4.78 is 0. The van der Waals surface area contributed by atoms with Crippen LogP contribution in [0.1, 0.15) is 27.4 Å². The van der Waals surface area contributed by atoms with Gasteiger partial charge < -0.3 is 0 Å². The van der Waals surface area contributed by atoms with E-state index < -0.39 is 5.92 Å². The van der Waals surface area contributed by atoms with Gasteiger partial charge >= 0.3 is 0 Å². The summed E-state index contributed by atoms with van der Waals surface area (Å²) >= 11 is 1.70. The van der Waals surface area contributed by atoms with Gasteiger partial charge in [-0.3, -0.25) is 9.78 Å². The Morgan fingerprint density at radius 1 is 0.800 bits per heavy atom. The van der Waals surface area contributed by atoms with Gasteiger partial charge in [0.25, 0.3) is 0 Å². The van der Waals surface area contributed by atoms with E-state index in [9.17, 15) is 4.79 Å². The van der Waals surface area contributed by atoms with Gasteiger partial charge in [0, 0.05) is 27.6 Å². The average molecular weight is 406 g/mol. The Balaban J connectivity index is 1.68. The van der Waals surface area contributed by atoms with Gasteiger partial charge in [-0.05, 0) is 28.6 Å². The molecule has 0 saturated carbocycles. The van der Waals surface area contributed by atoms with Gasteiger partial charge in [-0.2, -0.15) is 0 Å². The molecule has 0 aliphatic rings.